The lowest BCUT2D eigenvalue weighted by molar-refractivity contribution is 0.327. The molecular weight excluding hydrogens is 158 g/mol. The Bertz CT molecular complexity index is 76.0. The summed E-state index contributed by atoms with van der Waals surface area (Å²) in [5.41, 5.74) is 0. The molecule has 0 unspecified atom stereocenters. The second-order valence-electron chi connectivity index (χ2n) is 3.05. The first kappa shape index (κ1) is 11.2. The van der Waals surface area contributed by atoms with E-state index in [2.05, 4.69) is 18.9 Å². The molecule has 0 fully saturated rings. The molecule has 0 aliphatic carbocycles. The van der Waals surface area contributed by atoms with Crippen LogP contribution in [0.1, 0.15) is 32.6 Å². The minimum Gasteiger partial charge on any atom is -0.306 e. The Hall–Kier alpha value is 0.250. The van der Waals surface area contributed by atoms with Gasteiger partial charge in [-0.25, -0.2) is 0 Å². The van der Waals surface area contributed by atoms with Gasteiger partial charge in [0.25, 0.3) is 0 Å². The van der Waals surface area contributed by atoms with Crippen LogP contribution in [0.25, 0.3) is 0 Å². The van der Waals surface area contributed by atoms with Gasteiger partial charge in [0, 0.05) is 5.88 Å². The van der Waals surface area contributed by atoms with Gasteiger partial charge in [0.05, 0.1) is 0 Å². The summed E-state index contributed by atoms with van der Waals surface area (Å²) in [5.74, 6) is 0.790. The average Bonchev–Trinajstić information content (AvgIpc) is 2.01. The third-order valence-corrected chi connectivity index (χ3v) is 2.08. The van der Waals surface area contributed by atoms with Crippen molar-refractivity contribution in [1.82, 2.24) is 4.90 Å². The third kappa shape index (κ3) is 8.15. The summed E-state index contributed by atoms with van der Waals surface area (Å²) < 4.78 is 0. The highest BCUT2D eigenvalue weighted by Gasteiger charge is 1.95. The zero-order chi connectivity index (χ0) is 8.53. The predicted molar refractivity (Wildman–Crippen MR) is 52.4 cm³/mol. The molecule has 0 N–H and O–H groups in total. The van der Waals surface area contributed by atoms with E-state index in [0.29, 0.717) is 0 Å². The van der Waals surface area contributed by atoms with Gasteiger partial charge in [-0.1, -0.05) is 19.8 Å². The Labute approximate surface area is 75.7 Å². The van der Waals surface area contributed by atoms with E-state index in [9.17, 15) is 0 Å². The molecule has 0 aromatic rings. The molecule has 0 aliphatic heterocycles. The maximum Gasteiger partial charge on any atom is 0.0235 e. The molecule has 0 rings (SSSR count). The lowest BCUT2D eigenvalue weighted by atomic mass is 10.2. The lowest BCUT2D eigenvalue weighted by Crippen LogP contribution is -2.21. The van der Waals surface area contributed by atoms with E-state index >= 15 is 0 Å². The number of halogens is 1. The average molecular weight is 178 g/mol. The van der Waals surface area contributed by atoms with E-state index in [4.69, 9.17) is 11.6 Å². The largest absolute Gasteiger partial charge is 0.306 e. The normalized spacial score (nSPS) is 10.9. The van der Waals surface area contributed by atoms with Crippen molar-refractivity contribution in [2.24, 2.45) is 0 Å². The van der Waals surface area contributed by atoms with Gasteiger partial charge in [0.15, 0.2) is 0 Å². The monoisotopic (exact) mass is 177 g/mol. The molecule has 0 spiro atoms. The van der Waals surface area contributed by atoms with E-state index in [1.807, 2.05) is 0 Å². The number of nitrogens with zero attached hydrogens (tertiary/aromatic N) is 1. The van der Waals surface area contributed by atoms with Crippen molar-refractivity contribution in [3.8, 4) is 0 Å². The van der Waals surface area contributed by atoms with Crippen molar-refractivity contribution in [2.45, 2.75) is 32.6 Å². The van der Waals surface area contributed by atoms with E-state index in [1.165, 1.54) is 25.8 Å². The molecule has 0 amide bonds. The minimum atomic E-state index is 0.790. The fraction of sp³-hybridized carbons (Fsp3) is 1.00. The van der Waals surface area contributed by atoms with Crippen LogP contribution in [0.3, 0.4) is 0 Å². The second kappa shape index (κ2) is 8.35. The topological polar surface area (TPSA) is 3.24 Å². The Kier molecular flexibility index (Phi) is 8.54. The Balaban J connectivity index is 3.02. The summed E-state index contributed by atoms with van der Waals surface area (Å²) in [6, 6.07) is 0. The van der Waals surface area contributed by atoms with Gasteiger partial charge in [-0.15, -0.1) is 11.6 Å². The standard InChI is InChI=1S/C9H20ClN/c1-3-4-5-8-11(2)9-6-7-10/h3-9H2,1-2H3. The van der Waals surface area contributed by atoms with Crippen LogP contribution >= 0.6 is 11.6 Å². The van der Waals surface area contributed by atoms with Crippen LogP contribution in [-0.2, 0) is 0 Å². The summed E-state index contributed by atoms with van der Waals surface area (Å²) in [6.07, 6.45) is 5.11. The number of hydrogen-bond acceptors (Lipinski definition) is 1. The second-order valence-corrected chi connectivity index (χ2v) is 3.43. The van der Waals surface area contributed by atoms with Crippen LogP contribution in [0, 0.1) is 0 Å². The number of rotatable bonds is 7. The van der Waals surface area contributed by atoms with Gasteiger partial charge in [0.2, 0.25) is 0 Å². The molecule has 1 nitrogen and oxygen atoms in total. The van der Waals surface area contributed by atoms with Gasteiger partial charge < -0.3 is 4.90 Å². The number of unbranched alkanes of at least 4 members (excludes halogenated alkanes) is 2. The fourth-order valence-corrected chi connectivity index (χ4v) is 1.19. The van der Waals surface area contributed by atoms with Crippen molar-refractivity contribution in [3.05, 3.63) is 0 Å². The first-order valence-corrected chi connectivity index (χ1v) is 5.09. The van der Waals surface area contributed by atoms with Crippen molar-refractivity contribution in [3.63, 3.8) is 0 Å². The zero-order valence-corrected chi connectivity index (χ0v) is 8.53. The molecule has 0 aliphatic rings. The fourth-order valence-electron chi connectivity index (χ4n) is 1.07. The van der Waals surface area contributed by atoms with Crippen molar-refractivity contribution in [1.29, 1.82) is 0 Å². The molecule has 0 aromatic heterocycles. The third-order valence-electron chi connectivity index (χ3n) is 1.82. The van der Waals surface area contributed by atoms with Crippen LogP contribution in [0.15, 0.2) is 0 Å². The van der Waals surface area contributed by atoms with E-state index in [0.717, 1.165) is 18.8 Å². The zero-order valence-electron chi connectivity index (χ0n) is 7.77. The maximum atomic E-state index is 5.58. The molecule has 2 heteroatoms. The molecular formula is C9H20ClN. The summed E-state index contributed by atoms with van der Waals surface area (Å²) in [6.45, 7) is 4.61. The molecule has 0 radical (unpaired) electrons. The highest BCUT2D eigenvalue weighted by Crippen LogP contribution is 1.97. The van der Waals surface area contributed by atoms with Gasteiger partial charge >= 0.3 is 0 Å². The van der Waals surface area contributed by atoms with Crippen LogP contribution < -0.4 is 0 Å². The van der Waals surface area contributed by atoms with Crippen molar-refractivity contribution >= 4 is 11.6 Å². The first-order valence-electron chi connectivity index (χ1n) is 4.55. The Morgan fingerprint density at radius 1 is 1.09 bits per heavy atom. The van der Waals surface area contributed by atoms with Crippen LogP contribution in [-0.4, -0.2) is 30.9 Å². The molecule has 0 heterocycles. The SMILES string of the molecule is CCCCCN(C)CCCCl. The van der Waals surface area contributed by atoms with Crippen LogP contribution in [0.2, 0.25) is 0 Å². The quantitative estimate of drug-likeness (QED) is 0.427. The molecule has 0 bridgehead atoms. The smallest absolute Gasteiger partial charge is 0.0235 e. The summed E-state index contributed by atoms with van der Waals surface area (Å²) >= 11 is 5.58. The molecule has 68 valence electrons. The molecule has 0 saturated heterocycles. The molecule has 0 aromatic carbocycles. The van der Waals surface area contributed by atoms with Crippen LogP contribution in [0.5, 0.6) is 0 Å². The van der Waals surface area contributed by atoms with Crippen molar-refractivity contribution < 1.29 is 0 Å². The molecule has 11 heavy (non-hydrogen) atoms. The lowest BCUT2D eigenvalue weighted by Gasteiger charge is -2.14. The van der Waals surface area contributed by atoms with Gasteiger partial charge in [-0.05, 0) is 33.0 Å². The minimum absolute atomic E-state index is 0.790. The summed E-state index contributed by atoms with van der Waals surface area (Å²) in [7, 11) is 2.17. The number of alkyl halides is 1. The Morgan fingerprint density at radius 3 is 2.27 bits per heavy atom. The predicted octanol–water partition coefficient (Wildman–Crippen LogP) is 2.74. The van der Waals surface area contributed by atoms with Crippen LogP contribution in [0.4, 0.5) is 0 Å². The first-order chi connectivity index (χ1) is 5.31. The number of hydrogen-bond donors (Lipinski definition) is 0. The van der Waals surface area contributed by atoms with E-state index in [-0.39, 0.29) is 0 Å². The van der Waals surface area contributed by atoms with E-state index in [1.54, 1.807) is 0 Å². The van der Waals surface area contributed by atoms with Gasteiger partial charge in [0.1, 0.15) is 0 Å². The maximum absolute atomic E-state index is 5.58. The molecule has 0 saturated carbocycles. The van der Waals surface area contributed by atoms with Gasteiger partial charge in [-0.3, -0.25) is 0 Å². The summed E-state index contributed by atoms with van der Waals surface area (Å²) in [4.78, 5) is 2.36. The van der Waals surface area contributed by atoms with E-state index < -0.39 is 0 Å². The summed E-state index contributed by atoms with van der Waals surface area (Å²) in [5, 5.41) is 0. The van der Waals surface area contributed by atoms with Crippen molar-refractivity contribution in [2.75, 3.05) is 26.0 Å². The molecule has 0 atom stereocenters. The Morgan fingerprint density at radius 2 is 1.73 bits per heavy atom. The highest BCUT2D eigenvalue weighted by molar-refractivity contribution is 6.17. The highest BCUT2D eigenvalue weighted by atomic mass is 35.5. The van der Waals surface area contributed by atoms with Gasteiger partial charge in [-0.2, -0.15) is 0 Å².